The van der Waals surface area contributed by atoms with E-state index in [1.807, 2.05) is 4.90 Å². The summed E-state index contributed by atoms with van der Waals surface area (Å²) >= 11 is 1.41. The van der Waals surface area contributed by atoms with E-state index in [-0.39, 0.29) is 24.3 Å². The Hall–Kier alpha value is -1.78. The molecule has 2 aliphatic heterocycles. The van der Waals surface area contributed by atoms with Crippen LogP contribution in [-0.4, -0.2) is 64.0 Å². The number of carbonyl (C=O) groups excluding carboxylic acids is 2. The third-order valence-corrected chi connectivity index (χ3v) is 7.84. The van der Waals surface area contributed by atoms with E-state index in [1.165, 1.54) is 11.3 Å². The molecule has 0 radical (unpaired) electrons. The molecular formula is C17H22N4O4S2. The van der Waals surface area contributed by atoms with E-state index in [2.05, 4.69) is 5.10 Å². The summed E-state index contributed by atoms with van der Waals surface area (Å²) in [7, 11) is -0.814. The molecule has 2 atom stereocenters. The maximum Gasteiger partial charge on any atom is 0.251 e. The number of thiophene rings is 1. The van der Waals surface area contributed by atoms with Gasteiger partial charge in [0.2, 0.25) is 0 Å². The summed E-state index contributed by atoms with van der Waals surface area (Å²) in [6.45, 7) is 0.980. The van der Waals surface area contributed by atoms with E-state index >= 15 is 0 Å². The molecule has 1 aromatic rings. The molecule has 1 saturated heterocycles. The van der Waals surface area contributed by atoms with E-state index in [1.54, 1.807) is 11.1 Å². The highest BCUT2D eigenvalue weighted by Gasteiger charge is 2.44. The second-order valence-corrected chi connectivity index (χ2v) is 9.71. The van der Waals surface area contributed by atoms with Gasteiger partial charge in [-0.3, -0.25) is 18.8 Å². The van der Waals surface area contributed by atoms with Gasteiger partial charge in [-0.25, -0.2) is 0 Å². The third-order valence-electron chi connectivity index (χ3n) is 5.38. The minimum absolute atomic E-state index is 0.116. The Morgan fingerprint density at radius 2 is 2.15 bits per heavy atom. The molecule has 0 bridgehead atoms. The molecule has 0 spiro atoms. The van der Waals surface area contributed by atoms with Crippen molar-refractivity contribution < 1.29 is 18.9 Å². The number of rotatable bonds is 4. The van der Waals surface area contributed by atoms with Crippen molar-refractivity contribution >= 4 is 49.5 Å². The smallest absolute Gasteiger partial charge is 0.251 e. The number of ketones is 1. The lowest BCUT2D eigenvalue weighted by molar-refractivity contribution is -0.122. The number of hydrazone groups is 1. The monoisotopic (exact) mass is 410 g/mol. The van der Waals surface area contributed by atoms with Crippen molar-refractivity contribution in [3.05, 3.63) is 11.6 Å². The molecule has 1 saturated carbocycles. The summed E-state index contributed by atoms with van der Waals surface area (Å²) in [5.41, 5.74) is 6.52. The zero-order valence-electron chi connectivity index (χ0n) is 14.8. The standard InChI is InChI=1S/C17H22N4O4S2/c18-16(24)10-8-14(26-17(10)20-4-6-27(25)7-5-20)21-12-2-1-3-13(23)15(12)11(9-22)19-21/h8,12,15,22H,1-7,9H2,(H2,18,24). The summed E-state index contributed by atoms with van der Waals surface area (Å²) in [5.74, 6) is 0.374. The van der Waals surface area contributed by atoms with Crippen LogP contribution in [0.2, 0.25) is 0 Å². The average Bonchev–Trinajstić information content (AvgIpc) is 3.25. The molecule has 3 aliphatic rings. The van der Waals surface area contributed by atoms with Crippen LogP contribution in [0.3, 0.4) is 0 Å². The molecule has 1 amide bonds. The van der Waals surface area contributed by atoms with Gasteiger partial charge < -0.3 is 15.7 Å². The summed E-state index contributed by atoms with van der Waals surface area (Å²) in [5, 5.41) is 17.5. The van der Waals surface area contributed by atoms with Gasteiger partial charge in [-0.1, -0.05) is 11.3 Å². The molecule has 4 rings (SSSR count). The van der Waals surface area contributed by atoms with Crippen molar-refractivity contribution in [1.29, 1.82) is 0 Å². The van der Waals surface area contributed by atoms with Gasteiger partial charge in [0, 0.05) is 41.8 Å². The number of carbonyl (C=O) groups is 2. The van der Waals surface area contributed by atoms with Crippen molar-refractivity contribution in [2.45, 2.75) is 25.3 Å². The first-order valence-corrected chi connectivity index (χ1v) is 11.3. The SMILES string of the molecule is NC(=O)c1cc(N2N=C(CO)C3C(=O)CCCC32)sc1N1CCS(=O)CC1. The molecule has 1 aromatic heterocycles. The topological polar surface area (TPSA) is 116 Å². The normalized spacial score (nSPS) is 26.3. The first-order chi connectivity index (χ1) is 13.0. The van der Waals surface area contributed by atoms with Crippen molar-refractivity contribution in [1.82, 2.24) is 0 Å². The molecule has 8 nitrogen and oxygen atoms in total. The highest BCUT2D eigenvalue weighted by atomic mass is 32.2. The summed E-state index contributed by atoms with van der Waals surface area (Å²) in [4.78, 5) is 26.4. The van der Waals surface area contributed by atoms with Crippen LogP contribution in [0.4, 0.5) is 10.0 Å². The maximum absolute atomic E-state index is 12.4. The van der Waals surface area contributed by atoms with Crippen LogP contribution in [0.5, 0.6) is 0 Å². The maximum atomic E-state index is 12.4. The summed E-state index contributed by atoms with van der Waals surface area (Å²) in [6.07, 6.45) is 2.12. The number of primary amides is 1. The number of nitrogens with two attached hydrogens (primary N) is 1. The zero-order chi connectivity index (χ0) is 19.1. The Bertz CT molecular complexity index is 827. The lowest BCUT2D eigenvalue weighted by Gasteiger charge is -2.30. The van der Waals surface area contributed by atoms with Crippen LogP contribution in [0.25, 0.3) is 0 Å². The number of Topliss-reactive ketones (excluding diaryl/α,β-unsaturated/α-hetero) is 1. The highest BCUT2D eigenvalue weighted by molar-refractivity contribution is 7.85. The number of anilines is 2. The second kappa shape index (κ2) is 7.33. The fraction of sp³-hybridized carbons (Fsp3) is 0.588. The molecule has 27 heavy (non-hydrogen) atoms. The van der Waals surface area contributed by atoms with Crippen LogP contribution in [0, 0.1) is 5.92 Å². The molecule has 10 heteroatoms. The van der Waals surface area contributed by atoms with E-state index < -0.39 is 16.7 Å². The Kier molecular flexibility index (Phi) is 5.04. The van der Waals surface area contributed by atoms with Gasteiger partial charge in [-0.15, -0.1) is 0 Å². The van der Waals surface area contributed by atoms with Crippen LogP contribution in [-0.2, 0) is 15.6 Å². The number of hydrogen-bond acceptors (Lipinski definition) is 8. The number of hydrogen-bond donors (Lipinski definition) is 2. The molecule has 3 N–H and O–H groups in total. The van der Waals surface area contributed by atoms with Crippen molar-refractivity contribution in [3.63, 3.8) is 0 Å². The lowest BCUT2D eigenvalue weighted by atomic mass is 9.81. The number of nitrogens with zero attached hydrogens (tertiary/aromatic N) is 3. The number of aliphatic hydroxyl groups excluding tert-OH is 1. The molecule has 146 valence electrons. The third kappa shape index (κ3) is 3.30. The van der Waals surface area contributed by atoms with Gasteiger partial charge >= 0.3 is 0 Å². The number of amides is 1. The minimum Gasteiger partial charge on any atom is -0.390 e. The average molecular weight is 411 g/mol. The summed E-state index contributed by atoms with van der Waals surface area (Å²) < 4.78 is 11.6. The number of aliphatic hydroxyl groups is 1. The molecule has 1 aliphatic carbocycles. The first-order valence-electron chi connectivity index (χ1n) is 9.03. The van der Waals surface area contributed by atoms with Gasteiger partial charge in [-0.2, -0.15) is 5.10 Å². The van der Waals surface area contributed by atoms with Crippen LogP contribution in [0.15, 0.2) is 11.2 Å². The molecule has 2 unspecified atom stereocenters. The van der Waals surface area contributed by atoms with Crippen molar-refractivity contribution in [3.8, 4) is 0 Å². The van der Waals surface area contributed by atoms with Crippen molar-refractivity contribution in [2.24, 2.45) is 16.8 Å². The summed E-state index contributed by atoms with van der Waals surface area (Å²) in [6, 6.07) is 1.61. The van der Waals surface area contributed by atoms with Crippen LogP contribution >= 0.6 is 11.3 Å². The molecular weight excluding hydrogens is 388 g/mol. The Morgan fingerprint density at radius 3 is 2.81 bits per heavy atom. The molecule has 3 heterocycles. The Morgan fingerprint density at radius 1 is 1.41 bits per heavy atom. The largest absolute Gasteiger partial charge is 0.390 e. The number of fused-ring (bicyclic) bond motifs is 1. The van der Waals surface area contributed by atoms with Gasteiger partial charge in [0.05, 0.1) is 29.8 Å². The van der Waals surface area contributed by atoms with Crippen molar-refractivity contribution in [2.75, 3.05) is 41.1 Å². The second-order valence-electron chi connectivity index (χ2n) is 7.00. The lowest BCUT2D eigenvalue weighted by Crippen LogP contribution is -2.41. The van der Waals surface area contributed by atoms with E-state index in [0.717, 1.165) is 22.8 Å². The fourth-order valence-electron chi connectivity index (χ4n) is 4.04. The van der Waals surface area contributed by atoms with Gasteiger partial charge in [0.15, 0.2) is 0 Å². The predicted molar refractivity (Wildman–Crippen MR) is 106 cm³/mol. The van der Waals surface area contributed by atoms with Crippen LogP contribution in [0.1, 0.15) is 29.6 Å². The predicted octanol–water partition coefficient (Wildman–Crippen LogP) is 0.322. The van der Waals surface area contributed by atoms with E-state index in [0.29, 0.717) is 42.3 Å². The Labute approximate surface area is 163 Å². The van der Waals surface area contributed by atoms with Gasteiger partial charge in [0.25, 0.3) is 5.91 Å². The van der Waals surface area contributed by atoms with E-state index in [4.69, 9.17) is 5.73 Å². The quantitative estimate of drug-likeness (QED) is 0.739. The van der Waals surface area contributed by atoms with Crippen LogP contribution < -0.4 is 15.6 Å². The fourth-order valence-corrected chi connectivity index (χ4v) is 6.32. The van der Waals surface area contributed by atoms with Gasteiger partial charge in [0.1, 0.15) is 15.8 Å². The molecule has 2 fully saturated rings. The molecule has 0 aromatic carbocycles. The Balaban J connectivity index is 1.68. The first kappa shape index (κ1) is 18.6. The van der Waals surface area contributed by atoms with Gasteiger partial charge in [-0.05, 0) is 18.9 Å². The van der Waals surface area contributed by atoms with E-state index in [9.17, 15) is 18.9 Å². The zero-order valence-corrected chi connectivity index (χ0v) is 16.4. The highest BCUT2D eigenvalue weighted by Crippen LogP contribution is 2.43. The minimum atomic E-state index is -0.814.